The van der Waals surface area contributed by atoms with Gasteiger partial charge in [0, 0.05) is 87.6 Å². The van der Waals surface area contributed by atoms with Crippen molar-refractivity contribution in [3.63, 3.8) is 0 Å². The number of anilines is 3. The van der Waals surface area contributed by atoms with Gasteiger partial charge in [0.25, 0.3) is 11.8 Å². The van der Waals surface area contributed by atoms with Crippen molar-refractivity contribution in [2.45, 2.75) is 76.2 Å². The number of piperidine rings is 1. The number of hydrogen-bond acceptors (Lipinski definition) is 12. The Labute approximate surface area is 407 Å². The minimum Gasteiger partial charge on any atom is -0.379 e. The summed E-state index contributed by atoms with van der Waals surface area (Å²) < 4.78 is 41.3. The number of aromatic nitrogens is 2. The summed E-state index contributed by atoms with van der Waals surface area (Å²) in [7, 11) is 0. The van der Waals surface area contributed by atoms with Crippen molar-refractivity contribution in [1.29, 1.82) is 0 Å². The predicted molar refractivity (Wildman–Crippen MR) is 257 cm³/mol. The van der Waals surface area contributed by atoms with Gasteiger partial charge in [-0.3, -0.25) is 34.3 Å². The summed E-state index contributed by atoms with van der Waals surface area (Å²) in [4.78, 5) is 78.3. The molecular formula is C51H50ClF2N9O7. The molecule has 5 N–H and O–H groups in total. The zero-order valence-electron chi connectivity index (χ0n) is 38.0. The summed E-state index contributed by atoms with van der Waals surface area (Å²) in [5.74, 6) is -2.75. The van der Waals surface area contributed by atoms with Crippen LogP contribution >= 0.6 is 11.6 Å². The van der Waals surface area contributed by atoms with Crippen molar-refractivity contribution in [3.05, 3.63) is 135 Å². The number of halogens is 3. The van der Waals surface area contributed by atoms with Crippen LogP contribution in [0.1, 0.15) is 87.9 Å². The molecule has 1 atom stereocenters. The largest absolute Gasteiger partial charge is 0.379 e. The number of amides is 5. The van der Waals surface area contributed by atoms with Crippen LogP contribution in [0.2, 0.25) is 5.02 Å². The second-order valence-corrected chi connectivity index (χ2v) is 17.9. The molecule has 4 heterocycles. The number of rotatable bonds is 17. The lowest BCUT2D eigenvalue weighted by atomic mass is 9.91. The Morgan fingerprint density at radius 1 is 0.829 bits per heavy atom. The number of nitrogens with zero attached hydrogens (tertiary/aromatic N) is 4. The third-order valence-corrected chi connectivity index (χ3v) is 13.0. The number of fused-ring (bicyclic) bond motifs is 4. The molecule has 19 heteroatoms. The number of carbonyl (C=O) groups is 5. The van der Waals surface area contributed by atoms with E-state index < -0.39 is 23.6 Å². The molecule has 70 heavy (non-hydrogen) atoms. The van der Waals surface area contributed by atoms with E-state index in [0.717, 1.165) is 25.7 Å². The fraction of sp³-hybridized carbons (Fsp3) is 0.333. The molecule has 1 saturated carbocycles. The Kier molecular flexibility index (Phi) is 14.9. The van der Waals surface area contributed by atoms with E-state index >= 15 is 0 Å². The zero-order chi connectivity index (χ0) is 48.7. The van der Waals surface area contributed by atoms with E-state index in [0.29, 0.717) is 87.9 Å². The first kappa shape index (κ1) is 48.1. The number of carbonyl (C=O) groups excluding carboxylic acids is 5. The van der Waals surface area contributed by atoms with E-state index in [1.807, 2.05) is 0 Å². The van der Waals surface area contributed by atoms with E-state index in [2.05, 4.69) is 36.6 Å². The minimum absolute atomic E-state index is 0.0528. The smallest absolute Gasteiger partial charge is 0.255 e. The second kappa shape index (κ2) is 21.8. The number of ether oxygens (including phenoxy) is 2. The van der Waals surface area contributed by atoms with Crippen LogP contribution in [0.15, 0.2) is 90.1 Å². The highest BCUT2D eigenvalue weighted by atomic mass is 35.5. The molecule has 1 unspecified atom stereocenters. The summed E-state index contributed by atoms with van der Waals surface area (Å²) >= 11 is 6.36. The molecule has 0 radical (unpaired) electrons. The van der Waals surface area contributed by atoms with Gasteiger partial charge < -0.3 is 35.6 Å². The maximum Gasteiger partial charge on any atom is 0.255 e. The number of aliphatic imine (C=N–C) groups is 1. The molecule has 16 nitrogen and oxygen atoms in total. The van der Waals surface area contributed by atoms with Gasteiger partial charge in [0.05, 0.1) is 56.4 Å². The minimum atomic E-state index is -0.736. The quantitative estimate of drug-likeness (QED) is 0.0495. The SMILES string of the molecule is O=C1CCC(N2Cc3c(NC(=O)CCOCCOCCNC4CCC(NC(=O)c5ccc(Nc6ncc7c(n6)-c6ccc(Cl)cc6C(c6c(F)cccc6F)=NC7)cc5)CC4)cccc3C2=O)C(=O)N1. The molecule has 5 amide bonds. The van der Waals surface area contributed by atoms with E-state index in [4.69, 9.17) is 26.1 Å². The highest BCUT2D eigenvalue weighted by Crippen LogP contribution is 2.36. The molecule has 1 saturated heterocycles. The van der Waals surface area contributed by atoms with Crippen molar-refractivity contribution in [1.82, 2.24) is 30.8 Å². The zero-order valence-corrected chi connectivity index (χ0v) is 38.8. The number of nitrogens with one attached hydrogen (secondary N) is 5. The molecule has 5 aromatic rings. The summed E-state index contributed by atoms with van der Waals surface area (Å²) in [6.45, 7) is 2.31. The molecule has 4 aliphatic rings. The van der Waals surface area contributed by atoms with Gasteiger partial charge in [-0.1, -0.05) is 29.8 Å². The van der Waals surface area contributed by atoms with Gasteiger partial charge >= 0.3 is 0 Å². The van der Waals surface area contributed by atoms with Crippen molar-refractivity contribution in [2.24, 2.45) is 4.99 Å². The molecule has 4 aromatic carbocycles. The van der Waals surface area contributed by atoms with Gasteiger partial charge in [-0.15, -0.1) is 0 Å². The third kappa shape index (κ3) is 11.0. The number of imide groups is 1. The predicted octanol–water partition coefficient (Wildman–Crippen LogP) is 6.62. The maximum absolute atomic E-state index is 15.0. The molecule has 2 fully saturated rings. The molecule has 1 aliphatic carbocycles. The first-order valence-corrected chi connectivity index (χ1v) is 23.6. The molecule has 1 aromatic heterocycles. The van der Waals surface area contributed by atoms with Crippen LogP contribution < -0.4 is 26.6 Å². The maximum atomic E-state index is 15.0. The highest BCUT2D eigenvalue weighted by Gasteiger charge is 2.40. The van der Waals surface area contributed by atoms with Crippen molar-refractivity contribution in [3.8, 4) is 11.3 Å². The average Bonchev–Trinajstić information content (AvgIpc) is 3.60. The van der Waals surface area contributed by atoms with Crippen LogP contribution in [-0.4, -0.2) is 101 Å². The Morgan fingerprint density at radius 3 is 2.34 bits per heavy atom. The van der Waals surface area contributed by atoms with Crippen LogP contribution in [-0.2, 0) is 36.9 Å². The lowest BCUT2D eigenvalue weighted by molar-refractivity contribution is -0.137. The Bertz CT molecular complexity index is 2840. The van der Waals surface area contributed by atoms with Crippen molar-refractivity contribution >= 4 is 64.2 Å². The highest BCUT2D eigenvalue weighted by molar-refractivity contribution is 6.31. The first-order chi connectivity index (χ1) is 34.0. The standard InChI is InChI=1S/C51H50ClF2N9O7/c52-31-9-16-35-37(25-31)47(45-39(53)4-2-5-40(45)54)56-26-30-27-57-51(62-46(30)35)59-34-10-7-29(8-11-34)48(66)58-33-14-12-32(13-15-33)55-20-22-70-24-23-69-21-19-44(65)60-41-6-1-3-36-38(41)28-63(50(36)68)42-17-18-43(64)61-49(42)67/h1-11,16,25,27,32-33,42,55H,12-15,17-24,26,28H2,(H,58,66)(H,60,65)(H,57,59,62)(H,61,64,67). The van der Waals surface area contributed by atoms with Crippen LogP contribution in [0.4, 0.5) is 26.1 Å². The van der Waals surface area contributed by atoms with E-state index in [1.165, 1.54) is 23.1 Å². The van der Waals surface area contributed by atoms with Gasteiger partial charge in [0.15, 0.2) is 0 Å². The van der Waals surface area contributed by atoms with Gasteiger partial charge in [0.2, 0.25) is 23.7 Å². The van der Waals surface area contributed by atoms with Crippen molar-refractivity contribution < 1.29 is 42.2 Å². The normalized spacial score (nSPS) is 18.5. The number of benzene rings is 4. The lowest BCUT2D eigenvalue weighted by Gasteiger charge is -2.29. The van der Waals surface area contributed by atoms with Crippen LogP contribution in [0, 0.1) is 11.6 Å². The molecule has 9 rings (SSSR count). The number of hydrogen-bond donors (Lipinski definition) is 5. The molecule has 0 spiro atoms. The van der Waals surface area contributed by atoms with E-state index in [-0.39, 0.29) is 85.9 Å². The summed E-state index contributed by atoms with van der Waals surface area (Å²) in [5.41, 5.74) is 4.91. The summed E-state index contributed by atoms with van der Waals surface area (Å²) in [6, 6.07) is 20.5. The first-order valence-electron chi connectivity index (χ1n) is 23.3. The molecule has 0 bridgehead atoms. The Balaban J connectivity index is 0.652. The van der Waals surface area contributed by atoms with E-state index in [1.54, 1.807) is 66.9 Å². The molecule has 3 aliphatic heterocycles. The Hall–Kier alpha value is -6.99. The fourth-order valence-corrected chi connectivity index (χ4v) is 9.38. The van der Waals surface area contributed by atoms with Crippen LogP contribution in [0.3, 0.4) is 0 Å². The fourth-order valence-electron chi connectivity index (χ4n) is 9.20. The molecular weight excluding hydrogens is 924 g/mol. The van der Waals surface area contributed by atoms with Gasteiger partial charge in [0.1, 0.15) is 17.7 Å². The second-order valence-electron chi connectivity index (χ2n) is 17.5. The van der Waals surface area contributed by atoms with Gasteiger partial charge in [-0.2, -0.15) is 0 Å². The topological polar surface area (TPSA) is 205 Å². The van der Waals surface area contributed by atoms with E-state index in [9.17, 15) is 32.8 Å². The van der Waals surface area contributed by atoms with Gasteiger partial charge in [-0.05, 0) is 92.8 Å². The molecule has 362 valence electrons. The van der Waals surface area contributed by atoms with Crippen LogP contribution in [0.5, 0.6) is 0 Å². The third-order valence-electron chi connectivity index (χ3n) is 12.8. The average molecular weight is 974 g/mol. The summed E-state index contributed by atoms with van der Waals surface area (Å²) in [5, 5.41) is 15.4. The monoisotopic (exact) mass is 973 g/mol. The van der Waals surface area contributed by atoms with Crippen molar-refractivity contribution in [2.75, 3.05) is 43.6 Å². The van der Waals surface area contributed by atoms with Crippen LogP contribution in [0.25, 0.3) is 11.3 Å². The lowest BCUT2D eigenvalue weighted by Crippen LogP contribution is -2.52. The Morgan fingerprint density at radius 2 is 1.57 bits per heavy atom. The summed E-state index contributed by atoms with van der Waals surface area (Å²) in [6.07, 6.45) is 5.65. The van der Waals surface area contributed by atoms with Gasteiger partial charge in [-0.25, -0.2) is 18.7 Å².